The molecule has 0 aromatic carbocycles. The first-order chi connectivity index (χ1) is 19.2. The zero-order valence-electron chi connectivity index (χ0n) is 24.3. The maximum absolute atomic E-state index is 14.2. The lowest BCUT2D eigenvalue weighted by atomic mass is 9.31. The third kappa shape index (κ3) is 3.21. The summed E-state index contributed by atoms with van der Waals surface area (Å²) in [6.07, 6.45) is -0.933. The summed E-state index contributed by atoms with van der Waals surface area (Å²) in [5, 5.41) is 44.6. The van der Waals surface area contributed by atoms with E-state index in [4.69, 9.17) is 0 Å². The van der Waals surface area contributed by atoms with E-state index in [-0.39, 0.29) is 75.0 Å². The number of aliphatic hydroxyl groups excluding tert-OH is 3. The molecular weight excluding hydrogens is 528 g/mol. The van der Waals surface area contributed by atoms with Gasteiger partial charge in [-0.3, -0.25) is 24.0 Å². The van der Waals surface area contributed by atoms with Crippen LogP contribution in [-0.4, -0.2) is 67.8 Å². The average Bonchev–Trinajstić information content (AvgIpc) is 3.52. The van der Waals surface area contributed by atoms with Gasteiger partial charge in [0.05, 0.1) is 18.3 Å². The van der Waals surface area contributed by atoms with Crippen LogP contribution in [0.2, 0.25) is 0 Å². The van der Waals surface area contributed by atoms with Crippen molar-refractivity contribution in [3.8, 4) is 0 Å². The molecule has 4 N–H and O–H groups in total. The number of carbonyl (C=O) groups excluding carboxylic acids is 4. The Balaban J connectivity index is 1.49. The number of Topliss-reactive ketones (excluding diaryl/α,β-unsaturated/α-hetero) is 4. The molecule has 0 bridgehead atoms. The van der Waals surface area contributed by atoms with E-state index in [1.165, 1.54) is 0 Å². The summed E-state index contributed by atoms with van der Waals surface area (Å²) in [4.78, 5) is 67.2. The Bertz CT molecular complexity index is 1180. The Hall–Kier alpha value is -1.97. The fourth-order valence-corrected chi connectivity index (χ4v) is 12.3. The van der Waals surface area contributed by atoms with Crippen LogP contribution in [0.1, 0.15) is 91.4 Å². The second-order valence-corrected chi connectivity index (χ2v) is 14.8. The minimum Gasteiger partial charge on any atom is -0.481 e. The lowest BCUT2D eigenvalue weighted by molar-refractivity contribution is -0.260. The number of ketones is 4. The van der Waals surface area contributed by atoms with Crippen LogP contribution in [0.3, 0.4) is 0 Å². The largest absolute Gasteiger partial charge is 0.481 e. The predicted octanol–water partition coefficient (Wildman–Crippen LogP) is 2.51. The van der Waals surface area contributed by atoms with Gasteiger partial charge in [0, 0.05) is 32.1 Å². The SMILES string of the molecule is CC(CCC(=O)O)C1CCC2C3C(O)CC4CC(O)C5(C(=O)CCC5=O)C5(C(=O)CCC5=O)C4(C)C3CC(O)C12C. The summed E-state index contributed by atoms with van der Waals surface area (Å²) in [5.41, 5.74) is -5.86. The molecule has 0 heterocycles. The van der Waals surface area contributed by atoms with Crippen molar-refractivity contribution in [1.29, 1.82) is 0 Å². The van der Waals surface area contributed by atoms with Gasteiger partial charge in [-0.2, -0.15) is 0 Å². The van der Waals surface area contributed by atoms with E-state index in [1.54, 1.807) is 0 Å². The van der Waals surface area contributed by atoms with Crippen LogP contribution in [-0.2, 0) is 24.0 Å². The van der Waals surface area contributed by atoms with Crippen molar-refractivity contribution in [3.05, 3.63) is 0 Å². The highest BCUT2D eigenvalue weighted by atomic mass is 16.4. The van der Waals surface area contributed by atoms with Crippen LogP contribution in [0.25, 0.3) is 0 Å². The number of aliphatic carboxylic acids is 1. The average molecular weight is 573 g/mol. The molecule has 0 radical (unpaired) electrons. The highest BCUT2D eigenvalue weighted by Gasteiger charge is 2.85. The molecule has 41 heavy (non-hydrogen) atoms. The fraction of sp³-hybridized carbons (Fsp3) is 0.844. The van der Waals surface area contributed by atoms with Crippen molar-refractivity contribution < 1.29 is 44.4 Å². The van der Waals surface area contributed by atoms with E-state index in [0.717, 1.165) is 12.8 Å². The quantitative estimate of drug-likeness (QED) is 0.370. The van der Waals surface area contributed by atoms with Gasteiger partial charge in [0.15, 0.2) is 11.6 Å². The van der Waals surface area contributed by atoms with Gasteiger partial charge in [-0.15, -0.1) is 0 Å². The van der Waals surface area contributed by atoms with Gasteiger partial charge in [-0.25, -0.2) is 0 Å². The molecule has 11 atom stereocenters. The minimum absolute atomic E-state index is 0.0433. The third-order valence-corrected chi connectivity index (χ3v) is 13.9. The van der Waals surface area contributed by atoms with Gasteiger partial charge in [0.1, 0.15) is 22.4 Å². The summed E-state index contributed by atoms with van der Waals surface area (Å²) < 4.78 is 0. The predicted molar refractivity (Wildman–Crippen MR) is 144 cm³/mol. The number of carboxylic acids is 1. The maximum atomic E-state index is 14.2. The second kappa shape index (κ2) is 9.26. The molecule has 0 saturated heterocycles. The maximum Gasteiger partial charge on any atom is 0.303 e. The Morgan fingerprint density at radius 3 is 2.00 bits per heavy atom. The normalized spacial score (nSPS) is 47.0. The highest BCUT2D eigenvalue weighted by Crippen LogP contribution is 2.77. The Labute approximate surface area is 240 Å². The van der Waals surface area contributed by atoms with E-state index >= 15 is 0 Å². The number of hydrogen-bond acceptors (Lipinski definition) is 8. The molecule has 2 spiro atoms. The summed E-state index contributed by atoms with van der Waals surface area (Å²) in [6.45, 7) is 5.93. The van der Waals surface area contributed by atoms with Crippen LogP contribution >= 0.6 is 0 Å². The molecule has 0 amide bonds. The van der Waals surface area contributed by atoms with Crippen LogP contribution in [0.15, 0.2) is 0 Å². The number of carbonyl (C=O) groups is 5. The summed E-state index contributed by atoms with van der Waals surface area (Å²) >= 11 is 0. The number of hydrogen-bond donors (Lipinski definition) is 4. The molecule has 6 aliphatic rings. The molecule has 0 aromatic heterocycles. The van der Waals surface area contributed by atoms with Gasteiger partial charge in [0.2, 0.25) is 0 Å². The highest BCUT2D eigenvalue weighted by molar-refractivity contribution is 6.27. The zero-order valence-corrected chi connectivity index (χ0v) is 24.3. The third-order valence-electron chi connectivity index (χ3n) is 13.9. The van der Waals surface area contributed by atoms with Crippen LogP contribution in [0.4, 0.5) is 0 Å². The van der Waals surface area contributed by atoms with E-state index in [1.807, 2.05) is 20.8 Å². The van der Waals surface area contributed by atoms with Crippen molar-refractivity contribution in [1.82, 2.24) is 0 Å². The molecule has 6 fully saturated rings. The Morgan fingerprint density at radius 1 is 0.829 bits per heavy atom. The summed E-state index contributed by atoms with van der Waals surface area (Å²) in [6, 6.07) is 0. The Kier molecular flexibility index (Phi) is 6.58. The molecule has 226 valence electrons. The van der Waals surface area contributed by atoms with Crippen molar-refractivity contribution >= 4 is 29.1 Å². The topological polar surface area (TPSA) is 166 Å². The first kappa shape index (κ1) is 29.1. The lowest BCUT2D eigenvalue weighted by Gasteiger charge is -2.70. The molecule has 0 aromatic rings. The summed E-state index contributed by atoms with van der Waals surface area (Å²) in [5.74, 6) is -4.17. The molecule has 6 rings (SSSR count). The van der Waals surface area contributed by atoms with Crippen molar-refractivity contribution in [2.75, 3.05) is 0 Å². The summed E-state index contributed by atoms with van der Waals surface area (Å²) in [7, 11) is 0. The smallest absolute Gasteiger partial charge is 0.303 e. The second-order valence-electron chi connectivity index (χ2n) is 14.8. The Morgan fingerprint density at radius 2 is 1.41 bits per heavy atom. The first-order valence-electron chi connectivity index (χ1n) is 15.6. The zero-order chi connectivity index (χ0) is 29.9. The van der Waals surface area contributed by atoms with E-state index < -0.39 is 80.9 Å². The molecule has 6 saturated carbocycles. The lowest BCUT2D eigenvalue weighted by Crippen LogP contribution is -2.77. The van der Waals surface area contributed by atoms with Gasteiger partial charge in [-0.1, -0.05) is 20.8 Å². The number of fused-ring (bicyclic) bond motifs is 7. The first-order valence-corrected chi connectivity index (χ1v) is 15.6. The minimum atomic E-state index is -2.09. The standard InChI is InChI=1S/C32H44O9/c1-15(4-11-27(40)41)17-5-6-18-28-19(14-25(38)29(17,18)2)30(3)16(12-20(28)33)13-26(39)31(21(34)7-8-22(31)35)32(30)23(36)9-10-24(32)37/h15-20,25-26,28,33,38-39H,4-14H2,1-3H3,(H,40,41). The van der Waals surface area contributed by atoms with Gasteiger partial charge in [-0.05, 0) is 84.9 Å². The van der Waals surface area contributed by atoms with E-state index in [0.29, 0.717) is 6.42 Å². The van der Waals surface area contributed by atoms with E-state index in [2.05, 4.69) is 0 Å². The molecule has 9 nitrogen and oxygen atoms in total. The van der Waals surface area contributed by atoms with Gasteiger partial charge >= 0.3 is 5.97 Å². The van der Waals surface area contributed by atoms with Gasteiger partial charge < -0.3 is 20.4 Å². The van der Waals surface area contributed by atoms with Crippen molar-refractivity contribution in [2.24, 2.45) is 57.2 Å². The monoisotopic (exact) mass is 572 g/mol. The number of carboxylic acid groups (broad SMARTS) is 1. The van der Waals surface area contributed by atoms with Crippen molar-refractivity contribution in [2.45, 2.75) is 110 Å². The molecule has 6 aliphatic carbocycles. The molecule has 9 heteroatoms. The number of aliphatic hydroxyl groups is 3. The molecule has 0 aliphatic heterocycles. The van der Waals surface area contributed by atoms with Crippen LogP contribution < -0.4 is 0 Å². The van der Waals surface area contributed by atoms with Crippen LogP contribution in [0.5, 0.6) is 0 Å². The van der Waals surface area contributed by atoms with Crippen LogP contribution in [0, 0.1) is 57.2 Å². The molecular formula is C32H44O9. The van der Waals surface area contributed by atoms with E-state index in [9.17, 15) is 44.4 Å². The molecule has 11 unspecified atom stereocenters. The number of rotatable bonds is 4. The fourth-order valence-electron chi connectivity index (χ4n) is 12.3. The van der Waals surface area contributed by atoms with Gasteiger partial charge in [0.25, 0.3) is 0 Å². The van der Waals surface area contributed by atoms with Crippen molar-refractivity contribution in [3.63, 3.8) is 0 Å².